The van der Waals surface area contributed by atoms with Crippen molar-refractivity contribution < 1.29 is 4.74 Å². The van der Waals surface area contributed by atoms with Gasteiger partial charge >= 0.3 is 0 Å². The minimum absolute atomic E-state index is 0.0886. The van der Waals surface area contributed by atoms with Gasteiger partial charge < -0.3 is 4.74 Å². The number of thiazole rings is 1. The van der Waals surface area contributed by atoms with Crippen molar-refractivity contribution in [2.45, 2.75) is 20.5 Å². The Morgan fingerprint density at radius 1 is 1.08 bits per heavy atom. The lowest BCUT2D eigenvalue weighted by molar-refractivity contribution is 0.299. The Hall–Kier alpha value is -2.92. The van der Waals surface area contributed by atoms with E-state index in [0.717, 1.165) is 22.6 Å². The fraction of sp³-hybridized carbons (Fsp3) is 0.143. The van der Waals surface area contributed by atoms with E-state index in [1.807, 2.05) is 61.7 Å². The molecule has 4 aromatic rings. The number of nitrogens with zero attached hydrogens (tertiary/aromatic N) is 2. The van der Waals surface area contributed by atoms with Gasteiger partial charge in [0.2, 0.25) is 0 Å². The normalized spacial score (nSPS) is 11.0. The van der Waals surface area contributed by atoms with Crippen LogP contribution in [0.1, 0.15) is 16.8 Å². The number of benzene rings is 2. The van der Waals surface area contributed by atoms with E-state index in [9.17, 15) is 4.79 Å². The lowest BCUT2D eigenvalue weighted by atomic mass is 10.1. The first-order valence-electron chi connectivity index (χ1n) is 8.37. The van der Waals surface area contributed by atoms with Crippen molar-refractivity contribution >= 4 is 16.3 Å². The number of rotatable bonds is 4. The van der Waals surface area contributed by atoms with Crippen LogP contribution in [0.4, 0.5) is 0 Å². The molecule has 0 fully saturated rings. The van der Waals surface area contributed by atoms with Crippen molar-refractivity contribution in [3.05, 3.63) is 87.2 Å². The van der Waals surface area contributed by atoms with Gasteiger partial charge in [-0.05, 0) is 31.0 Å². The molecule has 0 radical (unpaired) electrons. The number of hydrogen-bond donors (Lipinski definition) is 0. The zero-order valence-corrected chi connectivity index (χ0v) is 15.4. The van der Waals surface area contributed by atoms with Crippen molar-refractivity contribution in [2.75, 3.05) is 0 Å². The van der Waals surface area contributed by atoms with Crippen LogP contribution in [0.25, 0.3) is 16.2 Å². The summed E-state index contributed by atoms with van der Waals surface area (Å²) in [6.45, 7) is 4.34. The smallest absolute Gasteiger partial charge is 0.259 e. The Bertz CT molecular complexity index is 1130. The zero-order chi connectivity index (χ0) is 18.1. The summed E-state index contributed by atoms with van der Waals surface area (Å²) in [5.41, 5.74) is 4.68. The van der Waals surface area contributed by atoms with Gasteiger partial charge in [0.15, 0.2) is 4.96 Å². The summed E-state index contributed by atoms with van der Waals surface area (Å²) in [6, 6.07) is 17.5. The third-order valence-corrected chi connectivity index (χ3v) is 5.06. The molecule has 0 saturated carbocycles. The maximum absolute atomic E-state index is 12.7. The minimum atomic E-state index is -0.0886. The Morgan fingerprint density at radius 3 is 2.65 bits per heavy atom. The predicted molar refractivity (Wildman–Crippen MR) is 105 cm³/mol. The predicted octanol–water partition coefficient (Wildman–Crippen LogP) is 4.62. The van der Waals surface area contributed by atoms with Gasteiger partial charge in [0.1, 0.15) is 12.4 Å². The molecule has 26 heavy (non-hydrogen) atoms. The number of fused-ring (bicyclic) bond motifs is 1. The highest BCUT2D eigenvalue weighted by Gasteiger charge is 2.11. The summed E-state index contributed by atoms with van der Waals surface area (Å²) in [6.07, 6.45) is 0. The minimum Gasteiger partial charge on any atom is -0.487 e. The van der Waals surface area contributed by atoms with Gasteiger partial charge in [-0.2, -0.15) is 0 Å². The molecule has 2 heterocycles. The molecule has 0 spiro atoms. The molecule has 0 amide bonds. The maximum Gasteiger partial charge on any atom is 0.259 e. The molecule has 0 saturated heterocycles. The van der Waals surface area contributed by atoms with Crippen LogP contribution in [0.15, 0.2) is 64.8 Å². The molecule has 130 valence electrons. The van der Waals surface area contributed by atoms with E-state index in [1.54, 1.807) is 10.5 Å². The van der Waals surface area contributed by atoms with E-state index in [4.69, 9.17) is 4.74 Å². The largest absolute Gasteiger partial charge is 0.487 e. The summed E-state index contributed by atoms with van der Waals surface area (Å²) in [5.74, 6) is 0.814. The molecule has 0 aliphatic rings. The number of aromatic nitrogens is 2. The first-order chi connectivity index (χ1) is 12.6. The SMILES string of the molecule is Cc1ccc(OCc2cc(=O)n3c(-c4ccccc4)csc3n2)c(C)c1. The van der Waals surface area contributed by atoms with Crippen LogP contribution in [-0.2, 0) is 6.61 Å². The fourth-order valence-corrected chi connectivity index (χ4v) is 3.88. The van der Waals surface area contributed by atoms with E-state index in [2.05, 4.69) is 11.1 Å². The molecule has 0 atom stereocenters. The average molecular weight is 362 g/mol. The molecule has 0 aliphatic heterocycles. The molecular formula is C21H18N2O2S. The first-order valence-corrected chi connectivity index (χ1v) is 9.25. The van der Waals surface area contributed by atoms with Gasteiger partial charge in [0.05, 0.1) is 11.4 Å². The summed E-state index contributed by atoms with van der Waals surface area (Å²) < 4.78 is 7.52. The van der Waals surface area contributed by atoms with Gasteiger partial charge in [-0.1, -0.05) is 48.0 Å². The highest BCUT2D eigenvalue weighted by atomic mass is 32.1. The Balaban J connectivity index is 1.65. The van der Waals surface area contributed by atoms with Crippen LogP contribution in [0, 0.1) is 13.8 Å². The molecule has 5 heteroatoms. The molecule has 0 bridgehead atoms. The second-order valence-corrected chi connectivity index (χ2v) is 7.08. The highest BCUT2D eigenvalue weighted by molar-refractivity contribution is 7.15. The van der Waals surface area contributed by atoms with Crippen LogP contribution in [0.3, 0.4) is 0 Å². The third-order valence-electron chi connectivity index (χ3n) is 4.23. The molecule has 0 aliphatic carbocycles. The fourth-order valence-electron chi connectivity index (χ4n) is 2.96. The quantitative estimate of drug-likeness (QED) is 0.532. The van der Waals surface area contributed by atoms with Crippen LogP contribution in [-0.4, -0.2) is 9.38 Å². The Kier molecular flexibility index (Phi) is 4.31. The van der Waals surface area contributed by atoms with Crippen molar-refractivity contribution in [1.82, 2.24) is 9.38 Å². The van der Waals surface area contributed by atoms with Gasteiger partial charge in [-0.25, -0.2) is 4.98 Å². The van der Waals surface area contributed by atoms with Crippen molar-refractivity contribution in [1.29, 1.82) is 0 Å². The summed E-state index contributed by atoms with van der Waals surface area (Å²) in [5, 5.41) is 1.97. The monoisotopic (exact) mass is 362 g/mol. The average Bonchev–Trinajstić information content (AvgIpc) is 3.06. The van der Waals surface area contributed by atoms with Crippen molar-refractivity contribution in [3.8, 4) is 17.0 Å². The summed E-state index contributed by atoms with van der Waals surface area (Å²) in [4.78, 5) is 17.9. The lowest BCUT2D eigenvalue weighted by Crippen LogP contribution is -2.16. The van der Waals surface area contributed by atoms with E-state index < -0.39 is 0 Å². The highest BCUT2D eigenvalue weighted by Crippen LogP contribution is 2.24. The van der Waals surface area contributed by atoms with Crippen LogP contribution in [0.5, 0.6) is 5.75 Å². The number of ether oxygens (including phenoxy) is 1. The molecular weight excluding hydrogens is 344 g/mol. The van der Waals surface area contributed by atoms with Crippen LogP contribution < -0.4 is 10.3 Å². The second kappa shape index (κ2) is 6.77. The topological polar surface area (TPSA) is 43.6 Å². The van der Waals surface area contributed by atoms with Crippen LogP contribution >= 0.6 is 11.3 Å². The molecule has 2 aromatic carbocycles. The molecule has 4 nitrogen and oxygen atoms in total. The van der Waals surface area contributed by atoms with E-state index in [0.29, 0.717) is 10.7 Å². The van der Waals surface area contributed by atoms with Gasteiger partial charge in [0.25, 0.3) is 5.56 Å². The third kappa shape index (κ3) is 3.13. The standard InChI is InChI=1S/C21H18N2O2S/c1-14-8-9-19(15(2)10-14)25-12-17-11-20(24)23-18(13-26-21(23)22-17)16-6-4-3-5-7-16/h3-11,13H,12H2,1-2H3. The van der Waals surface area contributed by atoms with Crippen molar-refractivity contribution in [3.63, 3.8) is 0 Å². The second-order valence-electron chi connectivity index (χ2n) is 6.25. The number of aryl methyl sites for hydroxylation is 2. The molecule has 4 rings (SSSR count). The first kappa shape index (κ1) is 16.5. The molecule has 0 N–H and O–H groups in total. The zero-order valence-electron chi connectivity index (χ0n) is 14.6. The Morgan fingerprint density at radius 2 is 1.88 bits per heavy atom. The van der Waals surface area contributed by atoms with Crippen LogP contribution in [0.2, 0.25) is 0 Å². The summed E-state index contributed by atoms with van der Waals surface area (Å²) >= 11 is 1.46. The molecule has 0 unspecified atom stereocenters. The summed E-state index contributed by atoms with van der Waals surface area (Å²) in [7, 11) is 0. The van der Waals surface area contributed by atoms with E-state index in [1.165, 1.54) is 16.9 Å². The van der Waals surface area contributed by atoms with Gasteiger partial charge in [-0.3, -0.25) is 9.20 Å². The number of hydrogen-bond acceptors (Lipinski definition) is 4. The van der Waals surface area contributed by atoms with E-state index in [-0.39, 0.29) is 12.2 Å². The van der Waals surface area contributed by atoms with Gasteiger partial charge in [-0.15, -0.1) is 11.3 Å². The maximum atomic E-state index is 12.7. The molecule has 2 aromatic heterocycles. The van der Waals surface area contributed by atoms with E-state index >= 15 is 0 Å². The Labute approximate surface area is 155 Å². The van der Waals surface area contributed by atoms with Gasteiger partial charge in [0, 0.05) is 11.4 Å². The lowest BCUT2D eigenvalue weighted by Gasteiger charge is -2.09. The van der Waals surface area contributed by atoms with Crippen molar-refractivity contribution in [2.24, 2.45) is 0 Å².